The van der Waals surface area contributed by atoms with Gasteiger partial charge in [-0.15, -0.1) is 0 Å². The van der Waals surface area contributed by atoms with Gasteiger partial charge in [-0.1, -0.05) is 25.2 Å². The molecule has 2 N–H and O–H groups in total. The third-order valence-corrected chi connectivity index (χ3v) is 4.00. The molecule has 0 spiro atoms. The van der Waals surface area contributed by atoms with Crippen LogP contribution >= 0.6 is 11.3 Å². The van der Waals surface area contributed by atoms with Crippen molar-refractivity contribution in [3.05, 3.63) is 21.7 Å². The zero-order chi connectivity index (χ0) is 14.9. The first-order chi connectivity index (χ1) is 9.39. The zero-order valence-corrected chi connectivity index (χ0v) is 12.7. The number of anilines is 1. The molecule has 0 aliphatic heterocycles. The van der Waals surface area contributed by atoms with Gasteiger partial charge >= 0.3 is 5.82 Å². The summed E-state index contributed by atoms with van der Waals surface area (Å²) in [4.78, 5) is 17.9. The SMILES string of the molecule is CCN(CC(C)(C)CN)c1nc2sccn2c1[N+](=O)[O-]. The predicted octanol–water partition coefficient (Wildman–Crippen LogP) is 2.12. The zero-order valence-electron chi connectivity index (χ0n) is 11.9. The third kappa shape index (κ3) is 2.61. The lowest BCUT2D eigenvalue weighted by atomic mass is 9.93. The molecule has 7 nitrogen and oxygen atoms in total. The van der Waals surface area contributed by atoms with Crippen molar-refractivity contribution in [2.45, 2.75) is 20.8 Å². The van der Waals surface area contributed by atoms with Gasteiger partial charge in [-0.3, -0.25) is 0 Å². The third-order valence-electron chi connectivity index (χ3n) is 3.24. The van der Waals surface area contributed by atoms with Gasteiger partial charge in [-0.05, 0) is 23.8 Å². The molecule has 0 aliphatic carbocycles. The van der Waals surface area contributed by atoms with Crippen LogP contribution in [0.3, 0.4) is 0 Å². The number of hydrogen-bond donors (Lipinski definition) is 1. The van der Waals surface area contributed by atoms with Gasteiger partial charge < -0.3 is 20.7 Å². The molecular formula is C12H19N5O2S. The molecule has 2 aromatic rings. The highest BCUT2D eigenvalue weighted by Gasteiger charge is 2.30. The number of rotatable bonds is 6. The second-order valence-corrected chi connectivity index (χ2v) is 6.33. The Morgan fingerprint density at radius 3 is 2.85 bits per heavy atom. The molecule has 0 aromatic carbocycles. The largest absolute Gasteiger partial charge is 0.373 e. The summed E-state index contributed by atoms with van der Waals surface area (Å²) >= 11 is 1.39. The first-order valence-corrected chi connectivity index (χ1v) is 7.32. The van der Waals surface area contributed by atoms with Gasteiger partial charge in [0.25, 0.3) is 4.96 Å². The second-order valence-electron chi connectivity index (χ2n) is 5.45. The summed E-state index contributed by atoms with van der Waals surface area (Å²) in [6, 6.07) is 0. The number of nitro groups is 1. The number of fused-ring (bicyclic) bond motifs is 1. The van der Waals surface area contributed by atoms with Crippen molar-refractivity contribution in [3.63, 3.8) is 0 Å². The molecule has 8 heteroatoms. The van der Waals surface area contributed by atoms with Gasteiger partial charge in [0, 0.05) is 18.5 Å². The standard InChI is InChI=1S/C12H19N5O2S/c1-4-15(8-12(2,3)7-13)9-10(17(18)19)16-5-6-20-11(16)14-9/h5-6H,4,7-8,13H2,1-3H3. The van der Waals surface area contributed by atoms with Crippen molar-refractivity contribution in [1.82, 2.24) is 9.38 Å². The first kappa shape index (κ1) is 14.7. The highest BCUT2D eigenvalue weighted by molar-refractivity contribution is 7.15. The summed E-state index contributed by atoms with van der Waals surface area (Å²) in [7, 11) is 0. The molecule has 0 amide bonds. The van der Waals surface area contributed by atoms with E-state index in [2.05, 4.69) is 4.98 Å². The van der Waals surface area contributed by atoms with Crippen molar-refractivity contribution in [3.8, 4) is 0 Å². The Morgan fingerprint density at radius 1 is 1.60 bits per heavy atom. The summed E-state index contributed by atoms with van der Waals surface area (Å²) in [6.07, 6.45) is 1.68. The maximum atomic E-state index is 11.3. The molecule has 0 saturated carbocycles. The fourth-order valence-electron chi connectivity index (χ4n) is 2.06. The highest BCUT2D eigenvalue weighted by Crippen LogP contribution is 2.32. The van der Waals surface area contributed by atoms with Crippen LogP contribution in [0.4, 0.5) is 11.6 Å². The molecule has 2 heterocycles. The number of imidazole rings is 1. The summed E-state index contributed by atoms with van der Waals surface area (Å²) in [5.74, 6) is 0.446. The fraction of sp³-hybridized carbons (Fsp3) is 0.583. The summed E-state index contributed by atoms with van der Waals surface area (Å²) in [5, 5.41) is 13.1. The molecule has 0 aliphatic rings. The van der Waals surface area contributed by atoms with Crippen molar-refractivity contribution >= 4 is 27.9 Å². The van der Waals surface area contributed by atoms with Gasteiger partial charge in [0.05, 0.1) is 0 Å². The van der Waals surface area contributed by atoms with Crippen LogP contribution in [0.25, 0.3) is 4.96 Å². The number of hydrogen-bond acceptors (Lipinski definition) is 6. The van der Waals surface area contributed by atoms with Crippen molar-refractivity contribution in [1.29, 1.82) is 0 Å². The molecule has 0 radical (unpaired) electrons. The van der Waals surface area contributed by atoms with Crippen LogP contribution in [-0.4, -0.2) is 33.9 Å². The van der Waals surface area contributed by atoms with Crippen LogP contribution in [0.1, 0.15) is 20.8 Å². The minimum absolute atomic E-state index is 0.0240. The highest BCUT2D eigenvalue weighted by atomic mass is 32.1. The van der Waals surface area contributed by atoms with Crippen LogP contribution in [0, 0.1) is 15.5 Å². The van der Waals surface area contributed by atoms with Crippen LogP contribution in [0.15, 0.2) is 11.6 Å². The Morgan fingerprint density at radius 2 is 2.30 bits per heavy atom. The second kappa shape index (κ2) is 5.37. The molecule has 0 bridgehead atoms. The van der Waals surface area contributed by atoms with Gasteiger partial charge in [0.15, 0.2) is 0 Å². The Bertz CT molecular complexity index is 618. The molecule has 0 saturated heterocycles. The predicted molar refractivity (Wildman–Crippen MR) is 80.4 cm³/mol. The van der Waals surface area contributed by atoms with Gasteiger partial charge in [0.2, 0.25) is 5.82 Å². The lowest BCUT2D eigenvalue weighted by Gasteiger charge is -2.30. The summed E-state index contributed by atoms with van der Waals surface area (Å²) in [6.45, 7) is 7.84. The van der Waals surface area contributed by atoms with Crippen LogP contribution in [0.5, 0.6) is 0 Å². The van der Waals surface area contributed by atoms with Crippen LogP contribution in [-0.2, 0) is 0 Å². The quantitative estimate of drug-likeness (QED) is 0.651. The molecule has 0 atom stereocenters. The van der Waals surface area contributed by atoms with E-state index in [1.165, 1.54) is 15.7 Å². The molecule has 110 valence electrons. The van der Waals surface area contributed by atoms with E-state index in [1.54, 1.807) is 11.6 Å². The first-order valence-electron chi connectivity index (χ1n) is 6.44. The molecular weight excluding hydrogens is 278 g/mol. The summed E-state index contributed by atoms with van der Waals surface area (Å²) in [5.41, 5.74) is 5.63. The number of nitrogens with two attached hydrogens (primary N) is 1. The molecule has 20 heavy (non-hydrogen) atoms. The van der Waals surface area contributed by atoms with Gasteiger partial charge in [0.1, 0.15) is 6.20 Å². The minimum atomic E-state index is -0.375. The Kier molecular flexibility index (Phi) is 3.96. The van der Waals surface area contributed by atoms with Gasteiger partial charge in [-0.2, -0.15) is 9.38 Å². The monoisotopic (exact) mass is 297 g/mol. The van der Waals surface area contributed by atoms with Crippen LogP contribution < -0.4 is 10.6 Å². The smallest absolute Gasteiger partial charge is 0.358 e. The van der Waals surface area contributed by atoms with E-state index < -0.39 is 0 Å². The fourth-order valence-corrected chi connectivity index (χ4v) is 2.77. The van der Waals surface area contributed by atoms with E-state index in [4.69, 9.17) is 5.73 Å². The average molecular weight is 297 g/mol. The lowest BCUT2D eigenvalue weighted by molar-refractivity contribution is -0.389. The molecule has 0 unspecified atom stereocenters. The van der Waals surface area contributed by atoms with Gasteiger partial charge in [-0.25, -0.2) is 0 Å². The Hall–Kier alpha value is -1.67. The maximum Gasteiger partial charge on any atom is 0.373 e. The molecule has 0 fully saturated rings. The Balaban J connectivity index is 2.46. The van der Waals surface area contributed by atoms with E-state index in [0.29, 0.717) is 30.4 Å². The van der Waals surface area contributed by atoms with E-state index >= 15 is 0 Å². The number of aromatic nitrogens is 2. The maximum absolute atomic E-state index is 11.3. The minimum Gasteiger partial charge on any atom is -0.358 e. The summed E-state index contributed by atoms with van der Waals surface area (Å²) < 4.78 is 1.53. The van der Waals surface area contributed by atoms with E-state index in [9.17, 15) is 10.1 Å². The lowest BCUT2D eigenvalue weighted by Crippen LogP contribution is -2.39. The molecule has 2 aromatic heterocycles. The van der Waals surface area contributed by atoms with Crippen molar-refractivity contribution in [2.24, 2.45) is 11.1 Å². The van der Waals surface area contributed by atoms with E-state index in [-0.39, 0.29) is 16.2 Å². The number of thiazole rings is 1. The number of nitrogens with zero attached hydrogens (tertiary/aromatic N) is 4. The van der Waals surface area contributed by atoms with E-state index in [1.807, 2.05) is 25.7 Å². The normalized spacial score (nSPS) is 12.0. The average Bonchev–Trinajstić information content (AvgIpc) is 2.95. The van der Waals surface area contributed by atoms with Crippen LogP contribution in [0.2, 0.25) is 0 Å². The Labute approximate surface area is 121 Å². The van der Waals surface area contributed by atoms with Crippen molar-refractivity contribution < 1.29 is 4.92 Å². The topological polar surface area (TPSA) is 89.7 Å². The van der Waals surface area contributed by atoms with Crippen molar-refractivity contribution in [2.75, 3.05) is 24.5 Å². The van der Waals surface area contributed by atoms with E-state index in [0.717, 1.165) is 0 Å². The molecule has 2 rings (SSSR count).